The third-order valence-corrected chi connectivity index (χ3v) is 3.99. The molecule has 0 radical (unpaired) electrons. The molecule has 2 amide bonds. The van der Waals surface area contributed by atoms with Crippen molar-refractivity contribution < 1.29 is 19.4 Å². The highest BCUT2D eigenvalue weighted by atomic mass is 16.6. The summed E-state index contributed by atoms with van der Waals surface area (Å²) in [6.45, 7) is 7.40. The van der Waals surface area contributed by atoms with Crippen molar-refractivity contribution in [1.29, 1.82) is 0 Å². The van der Waals surface area contributed by atoms with E-state index in [1.807, 2.05) is 25.7 Å². The monoisotopic (exact) mass is 298 g/mol. The van der Waals surface area contributed by atoms with Gasteiger partial charge in [0, 0.05) is 44.6 Å². The van der Waals surface area contributed by atoms with Gasteiger partial charge in [0.2, 0.25) is 5.91 Å². The van der Waals surface area contributed by atoms with E-state index in [1.165, 1.54) is 0 Å². The van der Waals surface area contributed by atoms with Crippen LogP contribution in [-0.4, -0.2) is 64.8 Å². The Balaban J connectivity index is 1.95. The molecule has 0 aromatic heterocycles. The van der Waals surface area contributed by atoms with E-state index in [0.717, 1.165) is 12.8 Å². The maximum atomic E-state index is 12.1. The number of nitrogens with zero attached hydrogens (tertiary/aromatic N) is 2. The second-order valence-electron chi connectivity index (χ2n) is 7.02. The molecule has 2 fully saturated rings. The number of ether oxygens (including phenoxy) is 1. The lowest BCUT2D eigenvalue weighted by atomic mass is 10.0. The van der Waals surface area contributed by atoms with E-state index in [9.17, 15) is 14.7 Å². The molecule has 6 nitrogen and oxygen atoms in total. The quantitative estimate of drug-likeness (QED) is 0.832. The van der Waals surface area contributed by atoms with Crippen LogP contribution in [0.4, 0.5) is 4.79 Å². The number of rotatable bonds is 2. The highest BCUT2D eigenvalue weighted by molar-refractivity contribution is 5.79. The summed E-state index contributed by atoms with van der Waals surface area (Å²) >= 11 is 0. The molecule has 2 heterocycles. The lowest BCUT2D eigenvalue weighted by Gasteiger charge is -2.38. The Labute approximate surface area is 126 Å². The second-order valence-corrected chi connectivity index (χ2v) is 7.02. The first kappa shape index (κ1) is 16.1. The summed E-state index contributed by atoms with van der Waals surface area (Å²) in [5, 5.41) is 9.20. The number of likely N-dealkylation sites (tertiary alicyclic amines) is 2. The first-order valence-corrected chi connectivity index (χ1v) is 7.68. The molecule has 0 aromatic carbocycles. The number of aliphatic hydroxyl groups is 1. The van der Waals surface area contributed by atoms with Crippen molar-refractivity contribution in [2.75, 3.05) is 26.2 Å². The summed E-state index contributed by atoms with van der Waals surface area (Å²) in [7, 11) is 0. The highest BCUT2D eigenvalue weighted by Crippen LogP contribution is 2.25. The van der Waals surface area contributed by atoms with Crippen LogP contribution in [0, 0.1) is 5.92 Å². The van der Waals surface area contributed by atoms with E-state index in [4.69, 9.17) is 4.74 Å². The zero-order chi connectivity index (χ0) is 15.6. The van der Waals surface area contributed by atoms with Crippen LogP contribution in [0.25, 0.3) is 0 Å². The summed E-state index contributed by atoms with van der Waals surface area (Å²) in [5.41, 5.74) is -0.504. The maximum Gasteiger partial charge on any atom is 0.410 e. The molecular weight excluding hydrogens is 272 g/mol. The number of hydrogen-bond acceptors (Lipinski definition) is 4. The molecule has 6 heteroatoms. The fourth-order valence-corrected chi connectivity index (χ4v) is 2.99. The van der Waals surface area contributed by atoms with Gasteiger partial charge >= 0.3 is 6.09 Å². The van der Waals surface area contributed by atoms with Gasteiger partial charge in [-0.25, -0.2) is 4.79 Å². The third kappa shape index (κ3) is 4.09. The van der Waals surface area contributed by atoms with Crippen LogP contribution in [0.3, 0.4) is 0 Å². The lowest BCUT2D eigenvalue weighted by Crippen LogP contribution is -2.51. The Morgan fingerprint density at radius 2 is 2.10 bits per heavy atom. The van der Waals surface area contributed by atoms with Gasteiger partial charge in [0.15, 0.2) is 0 Å². The zero-order valence-electron chi connectivity index (χ0n) is 13.2. The molecule has 2 rings (SSSR count). The van der Waals surface area contributed by atoms with Gasteiger partial charge in [0.1, 0.15) is 5.60 Å². The van der Waals surface area contributed by atoms with E-state index in [2.05, 4.69) is 0 Å². The van der Waals surface area contributed by atoms with Gasteiger partial charge in [0.05, 0.1) is 0 Å². The number of carbonyl (C=O) groups excluding carboxylic acids is 2. The van der Waals surface area contributed by atoms with Gasteiger partial charge in [-0.2, -0.15) is 0 Å². The fraction of sp³-hybridized carbons (Fsp3) is 0.867. The number of aliphatic hydroxyl groups excluding tert-OH is 1. The summed E-state index contributed by atoms with van der Waals surface area (Å²) in [6, 6.07) is 0.0512. The number of piperidine rings is 1. The smallest absolute Gasteiger partial charge is 0.410 e. The van der Waals surface area contributed by atoms with Crippen molar-refractivity contribution in [2.45, 2.75) is 51.7 Å². The van der Waals surface area contributed by atoms with E-state index < -0.39 is 5.60 Å². The molecule has 120 valence electrons. The minimum absolute atomic E-state index is 0.0365. The van der Waals surface area contributed by atoms with Crippen molar-refractivity contribution in [3.8, 4) is 0 Å². The molecule has 0 saturated carbocycles. The van der Waals surface area contributed by atoms with Crippen LogP contribution < -0.4 is 0 Å². The van der Waals surface area contributed by atoms with Crippen LogP contribution in [0.5, 0.6) is 0 Å². The standard InChI is InChI=1S/C15H26N2O4/c1-15(2,3)21-14(20)16-6-4-5-12(9-16)17-8-11(10-18)7-13(17)19/h11-12,18H,4-10H2,1-3H3. The molecule has 2 saturated heterocycles. The number of hydrogen-bond donors (Lipinski definition) is 1. The first-order chi connectivity index (χ1) is 9.80. The molecule has 2 aliphatic heterocycles. The van der Waals surface area contributed by atoms with Crippen LogP contribution in [0.1, 0.15) is 40.0 Å². The van der Waals surface area contributed by atoms with Crippen LogP contribution in [0.15, 0.2) is 0 Å². The topological polar surface area (TPSA) is 70.1 Å². The van der Waals surface area contributed by atoms with Crippen LogP contribution in [-0.2, 0) is 9.53 Å². The van der Waals surface area contributed by atoms with E-state index in [1.54, 1.807) is 4.90 Å². The predicted octanol–water partition coefficient (Wildman–Crippen LogP) is 1.23. The molecule has 2 atom stereocenters. The fourth-order valence-electron chi connectivity index (χ4n) is 2.99. The number of carbonyl (C=O) groups is 2. The molecule has 0 bridgehead atoms. The van der Waals surface area contributed by atoms with Crippen molar-refractivity contribution in [3.05, 3.63) is 0 Å². The Kier molecular flexibility index (Phi) is 4.76. The van der Waals surface area contributed by atoms with Crippen molar-refractivity contribution in [1.82, 2.24) is 9.80 Å². The van der Waals surface area contributed by atoms with Crippen LogP contribution in [0.2, 0.25) is 0 Å². The molecule has 0 spiro atoms. The average molecular weight is 298 g/mol. The molecule has 1 N–H and O–H groups in total. The lowest BCUT2D eigenvalue weighted by molar-refractivity contribution is -0.130. The molecular formula is C15H26N2O4. The minimum Gasteiger partial charge on any atom is -0.444 e. The molecule has 0 aliphatic carbocycles. The molecule has 0 aromatic rings. The Morgan fingerprint density at radius 3 is 2.67 bits per heavy atom. The largest absolute Gasteiger partial charge is 0.444 e. The van der Waals surface area contributed by atoms with Gasteiger partial charge in [0.25, 0.3) is 0 Å². The zero-order valence-corrected chi connectivity index (χ0v) is 13.2. The normalized spacial score (nSPS) is 27.1. The first-order valence-electron chi connectivity index (χ1n) is 7.68. The van der Waals surface area contributed by atoms with Crippen molar-refractivity contribution in [2.24, 2.45) is 5.92 Å². The highest BCUT2D eigenvalue weighted by Gasteiger charge is 2.37. The summed E-state index contributed by atoms with van der Waals surface area (Å²) in [5.74, 6) is 0.125. The van der Waals surface area contributed by atoms with Gasteiger partial charge in [-0.05, 0) is 33.6 Å². The van der Waals surface area contributed by atoms with Gasteiger partial charge in [-0.15, -0.1) is 0 Å². The van der Waals surface area contributed by atoms with Crippen LogP contribution >= 0.6 is 0 Å². The SMILES string of the molecule is CC(C)(C)OC(=O)N1CCCC(N2CC(CO)CC2=O)C1. The Bertz CT molecular complexity index is 405. The predicted molar refractivity (Wildman–Crippen MR) is 77.7 cm³/mol. The molecule has 2 unspecified atom stereocenters. The van der Waals surface area contributed by atoms with Crippen molar-refractivity contribution >= 4 is 12.0 Å². The Hall–Kier alpha value is -1.30. The minimum atomic E-state index is -0.504. The van der Waals surface area contributed by atoms with Gasteiger partial charge < -0.3 is 19.6 Å². The van der Waals surface area contributed by atoms with E-state index in [-0.39, 0.29) is 30.6 Å². The summed E-state index contributed by atoms with van der Waals surface area (Å²) in [4.78, 5) is 27.7. The second kappa shape index (κ2) is 6.22. The molecule has 2 aliphatic rings. The van der Waals surface area contributed by atoms with Crippen molar-refractivity contribution in [3.63, 3.8) is 0 Å². The average Bonchev–Trinajstić information content (AvgIpc) is 2.78. The third-order valence-electron chi connectivity index (χ3n) is 3.99. The van der Waals surface area contributed by atoms with E-state index in [0.29, 0.717) is 26.1 Å². The summed E-state index contributed by atoms with van der Waals surface area (Å²) < 4.78 is 5.40. The summed E-state index contributed by atoms with van der Waals surface area (Å²) in [6.07, 6.45) is 1.89. The number of amides is 2. The van der Waals surface area contributed by atoms with E-state index >= 15 is 0 Å². The molecule has 21 heavy (non-hydrogen) atoms. The Morgan fingerprint density at radius 1 is 1.38 bits per heavy atom. The van der Waals surface area contributed by atoms with Gasteiger partial charge in [-0.3, -0.25) is 4.79 Å². The maximum absolute atomic E-state index is 12.1. The van der Waals surface area contributed by atoms with Gasteiger partial charge in [-0.1, -0.05) is 0 Å².